The van der Waals surface area contributed by atoms with Gasteiger partial charge in [-0.3, -0.25) is 0 Å². The molecule has 0 saturated heterocycles. The van der Waals surface area contributed by atoms with E-state index in [0.717, 1.165) is 31.7 Å². The Labute approximate surface area is 131 Å². The van der Waals surface area contributed by atoms with Gasteiger partial charge in [0.05, 0.1) is 6.61 Å². The maximum Gasteiger partial charge on any atom is 0.524 e. The van der Waals surface area contributed by atoms with E-state index in [9.17, 15) is 18.3 Å². The molecule has 1 rings (SSSR count). The number of phenols is 1. The van der Waals surface area contributed by atoms with E-state index >= 15 is 0 Å². The zero-order valence-corrected chi connectivity index (χ0v) is 13.5. The Kier molecular flexibility index (Phi) is 7.73. The maximum absolute atomic E-state index is 11.8. The highest BCUT2D eigenvalue weighted by atomic mass is 32.2. The molecule has 0 heterocycles. The molecule has 0 spiro atoms. The molecule has 0 atom stereocenters. The van der Waals surface area contributed by atoms with Gasteiger partial charge in [-0.1, -0.05) is 51.2 Å². The highest BCUT2D eigenvalue weighted by Crippen LogP contribution is 2.23. The van der Waals surface area contributed by atoms with Crippen LogP contribution in [-0.2, 0) is 19.0 Å². The van der Waals surface area contributed by atoms with Gasteiger partial charge in [0.1, 0.15) is 10.6 Å². The van der Waals surface area contributed by atoms with Crippen LogP contribution in [0.3, 0.4) is 0 Å². The zero-order chi connectivity index (χ0) is 16.4. The van der Waals surface area contributed by atoms with Gasteiger partial charge in [-0.05, 0) is 18.6 Å². The van der Waals surface area contributed by atoms with Crippen LogP contribution in [0, 0.1) is 0 Å². The lowest BCUT2D eigenvalue weighted by atomic mass is 10.1. The molecule has 6 nitrogen and oxygen atoms in total. The number of carbonyl (C=O) groups is 1. The van der Waals surface area contributed by atoms with Gasteiger partial charge in [0.2, 0.25) is 0 Å². The smallest absolute Gasteiger partial charge is 0.506 e. The van der Waals surface area contributed by atoms with Crippen molar-refractivity contribution in [1.82, 2.24) is 0 Å². The van der Waals surface area contributed by atoms with Crippen LogP contribution in [0.25, 0.3) is 0 Å². The Morgan fingerprint density at radius 2 is 1.73 bits per heavy atom. The minimum atomic E-state index is -4.37. The highest BCUT2D eigenvalue weighted by Gasteiger charge is 2.24. The molecule has 0 unspecified atom stereocenters. The molecule has 0 radical (unpaired) electrons. The van der Waals surface area contributed by atoms with Gasteiger partial charge in [0, 0.05) is 0 Å². The lowest BCUT2D eigenvalue weighted by molar-refractivity contribution is 0.0995. The molecule has 7 heteroatoms. The number of ether oxygens (including phenoxy) is 1. The number of unbranched alkanes of at least 4 members (excludes halogenated alkanes) is 5. The number of rotatable bonds is 9. The molecule has 1 aromatic carbocycles. The summed E-state index contributed by atoms with van der Waals surface area (Å²) in [5.74, 6) is -0.480. The maximum atomic E-state index is 11.8. The molecule has 1 aromatic rings. The third kappa shape index (κ3) is 6.34. The van der Waals surface area contributed by atoms with Gasteiger partial charge >= 0.3 is 16.3 Å². The molecule has 0 bridgehead atoms. The zero-order valence-electron chi connectivity index (χ0n) is 12.7. The average Bonchev–Trinajstić information content (AvgIpc) is 2.46. The van der Waals surface area contributed by atoms with E-state index in [1.807, 2.05) is 0 Å². The molecule has 124 valence electrons. The summed E-state index contributed by atoms with van der Waals surface area (Å²) in [4.78, 5) is 10.9. The molecule has 0 aliphatic carbocycles. The van der Waals surface area contributed by atoms with Crippen LogP contribution in [0.5, 0.6) is 5.75 Å². The van der Waals surface area contributed by atoms with Gasteiger partial charge < -0.3 is 14.0 Å². The van der Waals surface area contributed by atoms with Crippen LogP contribution in [-0.4, -0.2) is 26.3 Å². The van der Waals surface area contributed by atoms with Crippen molar-refractivity contribution >= 4 is 16.3 Å². The Morgan fingerprint density at radius 1 is 1.09 bits per heavy atom. The molecule has 22 heavy (non-hydrogen) atoms. The number of hydrogen-bond donors (Lipinski definition) is 1. The molecule has 0 fully saturated rings. The monoisotopic (exact) mass is 330 g/mol. The summed E-state index contributed by atoms with van der Waals surface area (Å²) in [5.41, 5.74) is 0. The van der Waals surface area contributed by atoms with Crippen molar-refractivity contribution in [3.63, 3.8) is 0 Å². The first-order valence-corrected chi connectivity index (χ1v) is 8.77. The van der Waals surface area contributed by atoms with Crippen molar-refractivity contribution in [1.29, 1.82) is 0 Å². The molecule has 0 saturated carbocycles. The van der Waals surface area contributed by atoms with Crippen LogP contribution in [0.4, 0.5) is 4.79 Å². The lowest BCUT2D eigenvalue weighted by Gasteiger charge is -2.07. The summed E-state index contributed by atoms with van der Waals surface area (Å²) >= 11 is 0. The second-order valence-electron chi connectivity index (χ2n) is 4.87. The fourth-order valence-electron chi connectivity index (χ4n) is 1.86. The second-order valence-corrected chi connectivity index (χ2v) is 6.39. The first-order valence-electron chi connectivity index (χ1n) is 7.36. The van der Waals surface area contributed by atoms with Crippen molar-refractivity contribution in [3.05, 3.63) is 24.3 Å². The van der Waals surface area contributed by atoms with E-state index in [-0.39, 0.29) is 6.61 Å². The largest absolute Gasteiger partial charge is 0.524 e. The van der Waals surface area contributed by atoms with Gasteiger partial charge in [-0.25, -0.2) is 4.79 Å². The Hall–Kier alpha value is -1.76. The van der Waals surface area contributed by atoms with Crippen molar-refractivity contribution in [2.45, 2.75) is 50.3 Å². The van der Waals surface area contributed by atoms with Crippen LogP contribution in [0.2, 0.25) is 0 Å². The SMILES string of the molecule is CCCCCCCCOC(=O)OS(=O)(=O)c1ccccc1O. The van der Waals surface area contributed by atoms with Gasteiger partial charge in [0.25, 0.3) is 0 Å². The fourth-order valence-corrected chi connectivity index (χ4v) is 2.75. The van der Waals surface area contributed by atoms with E-state index in [1.54, 1.807) is 0 Å². The highest BCUT2D eigenvalue weighted by molar-refractivity contribution is 7.87. The van der Waals surface area contributed by atoms with Crippen molar-refractivity contribution in [2.75, 3.05) is 6.61 Å². The normalized spacial score (nSPS) is 11.1. The topological polar surface area (TPSA) is 89.9 Å². The van der Waals surface area contributed by atoms with E-state index < -0.39 is 26.9 Å². The van der Waals surface area contributed by atoms with E-state index in [1.165, 1.54) is 24.6 Å². The number of aromatic hydroxyl groups is 1. The first kappa shape index (κ1) is 18.3. The summed E-state index contributed by atoms with van der Waals surface area (Å²) in [6.45, 7) is 2.24. The van der Waals surface area contributed by atoms with Gasteiger partial charge in [-0.15, -0.1) is 0 Å². The third-order valence-electron chi connectivity index (χ3n) is 3.03. The van der Waals surface area contributed by atoms with E-state index in [4.69, 9.17) is 4.74 Å². The number of phenolic OH excluding ortho intramolecular Hbond substituents is 1. The molecule has 1 N–H and O–H groups in total. The predicted molar refractivity (Wildman–Crippen MR) is 81.1 cm³/mol. The predicted octanol–water partition coefficient (Wildman–Crippen LogP) is 3.59. The summed E-state index contributed by atoms with van der Waals surface area (Å²) in [6, 6.07) is 5.21. The number of hydrogen-bond acceptors (Lipinski definition) is 6. The van der Waals surface area contributed by atoms with E-state index in [2.05, 4.69) is 11.1 Å². The minimum Gasteiger partial charge on any atom is -0.506 e. The summed E-state index contributed by atoms with van der Waals surface area (Å²) in [5, 5.41) is 9.46. The van der Waals surface area contributed by atoms with Crippen LogP contribution in [0.15, 0.2) is 29.2 Å². The number of para-hydroxylation sites is 1. The fraction of sp³-hybridized carbons (Fsp3) is 0.533. The van der Waals surface area contributed by atoms with Gasteiger partial charge in [-0.2, -0.15) is 8.42 Å². The Morgan fingerprint density at radius 3 is 2.41 bits per heavy atom. The quantitative estimate of drug-likeness (QED) is 0.423. The average molecular weight is 330 g/mol. The van der Waals surface area contributed by atoms with E-state index in [0.29, 0.717) is 6.42 Å². The molecular formula is C15H22O6S. The van der Waals surface area contributed by atoms with Crippen LogP contribution in [0.1, 0.15) is 45.4 Å². The van der Waals surface area contributed by atoms with Crippen molar-refractivity contribution in [3.8, 4) is 5.75 Å². The minimum absolute atomic E-state index is 0.112. The Bertz CT molecular complexity index is 567. The van der Waals surface area contributed by atoms with Crippen molar-refractivity contribution < 1.29 is 27.2 Å². The van der Waals surface area contributed by atoms with Crippen molar-refractivity contribution in [2.24, 2.45) is 0 Å². The third-order valence-corrected chi connectivity index (χ3v) is 4.27. The van der Waals surface area contributed by atoms with Crippen LogP contribution >= 0.6 is 0 Å². The summed E-state index contributed by atoms with van der Waals surface area (Å²) in [6.07, 6.45) is 4.84. The molecule has 0 aliphatic rings. The summed E-state index contributed by atoms with van der Waals surface area (Å²) in [7, 11) is -4.37. The first-order chi connectivity index (χ1) is 10.5. The molecule has 0 amide bonds. The number of benzene rings is 1. The summed E-state index contributed by atoms with van der Waals surface area (Å²) < 4.78 is 32.6. The second kappa shape index (κ2) is 9.30. The number of carbonyl (C=O) groups excluding carboxylic acids is 1. The van der Waals surface area contributed by atoms with Crippen LogP contribution < -0.4 is 0 Å². The molecule has 0 aliphatic heterocycles. The lowest BCUT2D eigenvalue weighted by Crippen LogP contribution is -2.15. The molecule has 0 aromatic heterocycles. The Balaban J connectivity index is 2.34. The standard InChI is InChI=1S/C15H22O6S/c1-2-3-4-5-6-9-12-20-15(17)21-22(18,19)14-11-8-7-10-13(14)16/h7-8,10-11,16H,2-6,9,12H2,1H3. The molecular weight excluding hydrogens is 308 g/mol. The van der Waals surface area contributed by atoms with Gasteiger partial charge in [0.15, 0.2) is 0 Å².